The number of hydrogen-bond acceptors (Lipinski definition) is 10. The lowest BCUT2D eigenvalue weighted by Gasteiger charge is -2.34. The van der Waals surface area contributed by atoms with Crippen molar-refractivity contribution in [2.45, 2.75) is 44.4 Å². The number of aryl methyl sites for hydroxylation is 1. The van der Waals surface area contributed by atoms with Gasteiger partial charge in [-0.05, 0) is 96.6 Å². The van der Waals surface area contributed by atoms with Crippen LogP contribution in [0.25, 0.3) is 28.2 Å². The van der Waals surface area contributed by atoms with Gasteiger partial charge in [-0.3, -0.25) is 39.4 Å². The molecule has 3 aliphatic rings. The number of alkyl halides is 3. The predicted molar refractivity (Wildman–Crippen MR) is 243 cm³/mol. The zero-order valence-electron chi connectivity index (χ0n) is 36.4. The quantitative estimate of drug-likeness (QED) is 0.0728. The molecule has 0 aliphatic carbocycles. The first-order valence-corrected chi connectivity index (χ1v) is 22.6. The molecule has 3 amide bonds. The van der Waals surface area contributed by atoms with Crippen molar-refractivity contribution < 1.29 is 41.8 Å². The Morgan fingerprint density at radius 3 is 2.22 bits per heavy atom. The fourth-order valence-electron chi connectivity index (χ4n) is 8.70. The number of aromatic nitrogens is 4. The Kier molecular flexibility index (Phi) is 13.5. The lowest BCUT2D eigenvalue weighted by atomic mass is 10.0. The number of imide groups is 1. The minimum Gasteiger partial charge on any atom is -0.492 e. The molecule has 2 fully saturated rings. The Morgan fingerprint density at radius 2 is 1.49 bits per heavy atom. The van der Waals surface area contributed by atoms with Crippen molar-refractivity contribution in [1.82, 2.24) is 39.8 Å². The number of halogens is 4. The summed E-state index contributed by atoms with van der Waals surface area (Å²) in [5.74, 6) is 0.636. The van der Waals surface area contributed by atoms with Crippen molar-refractivity contribution in [3.63, 3.8) is 0 Å². The van der Waals surface area contributed by atoms with Crippen LogP contribution < -0.4 is 20.3 Å². The average molecular weight is 941 g/mol. The molecule has 19 heteroatoms. The number of fused-ring (bicyclic) bond motifs is 2. The fraction of sp³-hybridized carbons (Fsp3) is 0.354. The van der Waals surface area contributed by atoms with Crippen LogP contribution in [0.3, 0.4) is 0 Å². The zero-order valence-corrected chi connectivity index (χ0v) is 37.1. The minimum absolute atomic E-state index is 0.205. The predicted octanol–water partition coefficient (Wildman–Crippen LogP) is 6.02. The third-order valence-corrected chi connectivity index (χ3v) is 12.6. The molecule has 0 spiro atoms. The summed E-state index contributed by atoms with van der Waals surface area (Å²) in [6.07, 6.45) is -3.17. The highest BCUT2D eigenvalue weighted by molar-refractivity contribution is 6.31. The number of carbonyl (C=O) groups is 3. The van der Waals surface area contributed by atoms with Crippen molar-refractivity contribution >= 4 is 40.4 Å². The third kappa shape index (κ3) is 10.6. The van der Waals surface area contributed by atoms with Crippen molar-refractivity contribution in [2.24, 2.45) is 0 Å². The van der Waals surface area contributed by atoms with Crippen molar-refractivity contribution in [3.8, 4) is 28.7 Å². The number of ether oxygens (including phenoxy) is 3. The SMILES string of the molecule is O=C1CCC(N2Cc3cc(OCCN4CCN(CCOCCOc5ccc(CCc6c(-c7ccc(C(F)(F)F)cc7)[nH]n(-c7nc8ccc(Cl)cc8[nH]7)c6=O)cc5)CC4)ccc3C2=O)C(=O)N1. The van der Waals surface area contributed by atoms with Gasteiger partial charge < -0.3 is 24.1 Å². The number of carbonyl (C=O) groups excluding carboxylic acids is 3. The fourth-order valence-corrected chi connectivity index (χ4v) is 8.87. The van der Waals surface area contributed by atoms with Crippen LogP contribution in [0.4, 0.5) is 13.2 Å². The molecule has 0 saturated carbocycles. The van der Waals surface area contributed by atoms with E-state index >= 15 is 0 Å². The van der Waals surface area contributed by atoms with Crippen LogP contribution in [0.1, 0.15) is 45.5 Å². The zero-order chi connectivity index (χ0) is 46.7. The second-order valence-corrected chi connectivity index (χ2v) is 17.2. The Labute approximate surface area is 387 Å². The number of imidazole rings is 1. The minimum atomic E-state index is -4.49. The molecule has 1 unspecified atom stereocenters. The monoisotopic (exact) mass is 940 g/mol. The van der Waals surface area contributed by atoms with Crippen LogP contribution in [0, 0.1) is 0 Å². The molecule has 2 saturated heterocycles. The molecule has 0 bridgehead atoms. The van der Waals surface area contributed by atoms with Gasteiger partial charge in [0.15, 0.2) is 0 Å². The van der Waals surface area contributed by atoms with Gasteiger partial charge in [-0.2, -0.15) is 17.9 Å². The summed E-state index contributed by atoms with van der Waals surface area (Å²) < 4.78 is 59.2. The average Bonchev–Trinajstić information content (AvgIpc) is 3.99. The standard InChI is InChI=1S/C48H48ClF3N8O7/c49-34-8-14-39-40(28-34)54-47(53-39)60-46(64)38(43(56-60)31-4-6-33(7-5-31)48(50,51)52)12-3-30-1-9-35(10-2-30)67-26-25-65-23-21-57-17-19-58(20-18-57)22-24-66-36-11-13-37-32(27-36)29-59(45(37)63)41-15-16-42(61)55-44(41)62/h1-2,4-11,13-14,27-28,41,56H,3,12,15-26,29H2,(H,53,54)(H,55,61,62). The molecule has 15 nitrogen and oxygen atoms in total. The number of benzene rings is 4. The molecule has 0 radical (unpaired) electrons. The van der Waals surface area contributed by atoms with E-state index in [9.17, 15) is 32.3 Å². The summed E-state index contributed by atoms with van der Waals surface area (Å²) in [5, 5.41) is 5.91. The summed E-state index contributed by atoms with van der Waals surface area (Å²) in [6.45, 7) is 7.40. The molecule has 67 heavy (non-hydrogen) atoms. The highest BCUT2D eigenvalue weighted by Gasteiger charge is 2.39. The lowest BCUT2D eigenvalue weighted by molar-refractivity contribution is -0.138. The highest BCUT2D eigenvalue weighted by atomic mass is 35.5. The first-order valence-electron chi connectivity index (χ1n) is 22.2. The number of piperidine rings is 1. The molecule has 9 rings (SSSR count). The Bertz CT molecular complexity index is 2820. The van der Waals surface area contributed by atoms with Crippen molar-refractivity contribution in [3.05, 3.63) is 128 Å². The summed E-state index contributed by atoms with van der Waals surface area (Å²) in [6, 6.07) is 22.1. The molecular formula is C48H48ClF3N8O7. The molecule has 3 N–H and O–H groups in total. The van der Waals surface area contributed by atoms with Gasteiger partial charge in [-0.15, -0.1) is 0 Å². The normalized spacial score (nSPS) is 17.0. The van der Waals surface area contributed by atoms with Gasteiger partial charge in [0.25, 0.3) is 11.5 Å². The second-order valence-electron chi connectivity index (χ2n) is 16.8. The highest BCUT2D eigenvalue weighted by Crippen LogP contribution is 2.33. The number of aromatic amines is 2. The summed E-state index contributed by atoms with van der Waals surface area (Å²) >= 11 is 6.15. The Balaban J connectivity index is 0.686. The van der Waals surface area contributed by atoms with Gasteiger partial charge in [-0.25, -0.2) is 4.98 Å². The number of hydrogen-bond donors (Lipinski definition) is 3. The van der Waals surface area contributed by atoms with Crippen LogP contribution in [0.2, 0.25) is 5.02 Å². The topological polar surface area (TPSA) is 167 Å². The largest absolute Gasteiger partial charge is 0.492 e. The Hall–Kier alpha value is -6.47. The van der Waals surface area contributed by atoms with E-state index in [0.29, 0.717) is 102 Å². The first kappa shape index (κ1) is 45.7. The van der Waals surface area contributed by atoms with E-state index in [1.54, 1.807) is 30.3 Å². The molecule has 5 heterocycles. The van der Waals surface area contributed by atoms with Gasteiger partial charge in [0, 0.05) is 68.4 Å². The van der Waals surface area contributed by atoms with Gasteiger partial charge in [0.2, 0.25) is 17.8 Å². The maximum atomic E-state index is 13.9. The van der Waals surface area contributed by atoms with Gasteiger partial charge in [0.05, 0.1) is 35.5 Å². The number of nitrogens with one attached hydrogen (secondary N) is 3. The molecule has 350 valence electrons. The molecule has 3 aliphatic heterocycles. The maximum Gasteiger partial charge on any atom is 0.416 e. The van der Waals surface area contributed by atoms with Crippen LogP contribution >= 0.6 is 11.6 Å². The molecule has 6 aromatic rings. The maximum absolute atomic E-state index is 13.9. The first-order chi connectivity index (χ1) is 32.4. The lowest BCUT2D eigenvalue weighted by Crippen LogP contribution is -2.52. The molecule has 2 aromatic heterocycles. The summed E-state index contributed by atoms with van der Waals surface area (Å²) in [5.41, 5.74) is 3.62. The third-order valence-electron chi connectivity index (χ3n) is 12.4. The van der Waals surface area contributed by atoms with E-state index in [-0.39, 0.29) is 29.7 Å². The number of amides is 3. The summed E-state index contributed by atoms with van der Waals surface area (Å²) in [4.78, 5) is 64.7. The van der Waals surface area contributed by atoms with Crippen LogP contribution in [-0.2, 0) is 39.9 Å². The van der Waals surface area contributed by atoms with Crippen LogP contribution in [-0.4, -0.2) is 124 Å². The number of rotatable bonds is 17. The van der Waals surface area contributed by atoms with Gasteiger partial charge >= 0.3 is 6.18 Å². The Morgan fingerprint density at radius 1 is 0.776 bits per heavy atom. The van der Waals surface area contributed by atoms with E-state index in [0.717, 1.165) is 62.5 Å². The molecular weight excluding hydrogens is 893 g/mol. The van der Waals surface area contributed by atoms with Gasteiger partial charge in [-0.1, -0.05) is 35.9 Å². The number of nitrogens with zero attached hydrogens (tertiary/aromatic N) is 5. The number of piperazine rings is 1. The van der Waals surface area contributed by atoms with E-state index < -0.39 is 23.7 Å². The van der Waals surface area contributed by atoms with Gasteiger partial charge in [0.1, 0.15) is 30.8 Å². The van der Waals surface area contributed by atoms with Crippen LogP contribution in [0.5, 0.6) is 11.5 Å². The van der Waals surface area contributed by atoms with E-state index in [2.05, 4.69) is 30.2 Å². The van der Waals surface area contributed by atoms with Crippen molar-refractivity contribution in [2.75, 3.05) is 65.7 Å². The van der Waals surface area contributed by atoms with E-state index in [4.69, 9.17) is 25.8 Å². The smallest absolute Gasteiger partial charge is 0.416 e. The van der Waals surface area contributed by atoms with E-state index in [1.807, 2.05) is 30.3 Å². The second kappa shape index (κ2) is 19.8. The molecule has 1 atom stereocenters. The van der Waals surface area contributed by atoms with Crippen LogP contribution in [0.15, 0.2) is 89.7 Å². The van der Waals surface area contributed by atoms with E-state index in [1.165, 1.54) is 21.7 Å². The molecule has 4 aromatic carbocycles. The van der Waals surface area contributed by atoms with Crippen molar-refractivity contribution in [1.29, 1.82) is 0 Å². The number of H-pyrrole nitrogens is 2. The summed E-state index contributed by atoms with van der Waals surface area (Å²) in [7, 11) is 0.